The number of hydrogen-bond acceptors (Lipinski definition) is 6. The van der Waals surface area contributed by atoms with E-state index in [1.165, 1.54) is 17.4 Å². The Hall–Kier alpha value is -2.77. The lowest BCUT2D eigenvalue weighted by Gasteiger charge is -2.36. The smallest absolute Gasteiger partial charge is 0.234 e. The minimum absolute atomic E-state index is 0.110. The number of aromatic nitrogens is 2. The number of thioether (sulfide) groups is 1. The molecule has 2 heterocycles. The van der Waals surface area contributed by atoms with Crippen LogP contribution in [0.1, 0.15) is 5.56 Å². The maximum absolute atomic E-state index is 12.4. The number of halogens is 1. The SMILES string of the molecule is Cc1ccc(Cl)cc1NC(=O)CSc1nccc(N2CCN(c3ccccc3)CC2)n1. The van der Waals surface area contributed by atoms with Crippen LogP contribution in [0.4, 0.5) is 17.2 Å². The number of aryl methyl sites for hydroxylation is 1. The molecule has 1 saturated heterocycles. The van der Waals surface area contributed by atoms with Gasteiger partial charge in [-0.25, -0.2) is 9.97 Å². The molecule has 8 heteroatoms. The molecule has 4 rings (SSSR count). The molecule has 0 spiro atoms. The fraction of sp³-hybridized carbons (Fsp3) is 0.261. The maximum atomic E-state index is 12.4. The number of carbonyl (C=O) groups excluding carboxylic acids is 1. The lowest BCUT2D eigenvalue weighted by atomic mass is 10.2. The molecule has 2 aromatic carbocycles. The Kier molecular flexibility index (Phi) is 6.94. The summed E-state index contributed by atoms with van der Waals surface area (Å²) in [6.07, 6.45) is 1.76. The number of hydrogen-bond donors (Lipinski definition) is 1. The second-order valence-corrected chi connectivity index (χ2v) is 8.68. The van der Waals surface area contributed by atoms with Gasteiger partial charge in [0.1, 0.15) is 5.82 Å². The highest BCUT2D eigenvalue weighted by molar-refractivity contribution is 7.99. The van der Waals surface area contributed by atoms with Gasteiger partial charge in [-0.15, -0.1) is 0 Å². The van der Waals surface area contributed by atoms with Gasteiger partial charge in [0.25, 0.3) is 0 Å². The maximum Gasteiger partial charge on any atom is 0.234 e. The van der Waals surface area contributed by atoms with Crippen molar-refractivity contribution in [2.75, 3.05) is 47.0 Å². The standard InChI is InChI=1S/C23H24ClN5OS/c1-17-7-8-18(24)15-20(17)26-22(30)16-31-23-25-10-9-21(27-23)29-13-11-28(12-14-29)19-5-3-2-4-6-19/h2-10,15H,11-14,16H2,1H3,(H,26,30). The van der Waals surface area contributed by atoms with E-state index in [4.69, 9.17) is 11.6 Å². The Morgan fingerprint density at radius 2 is 1.81 bits per heavy atom. The van der Waals surface area contributed by atoms with Gasteiger partial charge in [-0.3, -0.25) is 4.79 Å². The molecule has 1 aliphatic rings. The van der Waals surface area contributed by atoms with Crippen LogP contribution in [0.5, 0.6) is 0 Å². The lowest BCUT2D eigenvalue weighted by molar-refractivity contribution is -0.113. The zero-order valence-electron chi connectivity index (χ0n) is 17.3. The normalized spacial score (nSPS) is 13.9. The topological polar surface area (TPSA) is 61.4 Å². The van der Waals surface area contributed by atoms with Crippen LogP contribution >= 0.6 is 23.4 Å². The second-order valence-electron chi connectivity index (χ2n) is 7.30. The zero-order valence-corrected chi connectivity index (χ0v) is 18.9. The van der Waals surface area contributed by atoms with Gasteiger partial charge in [-0.2, -0.15) is 0 Å². The molecule has 1 fully saturated rings. The van der Waals surface area contributed by atoms with E-state index >= 15 is 0 Å². The van der Waals surface area contributed by atoms with Crippen LogP contribution in [0.3, 0.4) is 0 Å². The van der Waals surface area contributed by atoms with Crippen LogP contribution < -0.4 is 15.1 Å². The number of rotatable bonds is 6. The summed E-state index contributed by atoms with van der Waals surface area (Å²) in [5.41, 5.74) is 2.95. The molecule has 0 aliphatic carbocycles. The first kappa shape index (κ1) is 21.5. The lowest BCUT2D eigenvalue weighted by Crippen LogP contribution is -2.46. The van der Waals surface area contributed by atoms with Crippen LogP contribution in [0.25, 0.3) is 0 Å². The average Bonchev–Trinajstić information content (AvgIpc) is 2.81. The summed E-state index contributed by atoms with van der Waals surface area (Å²) in [5, 5.41) is 4.10. The van der Waals surface area contributed by atoms with Crippen molar-refractivity contribution in [3.63, 3.8) is 0 Å². The predicted molar refractivity (Wildman–Crippen MR) is 128 cm³/mol. The Bertz CT molecular complexity index is 1040. The number of carbonyl (C=O) groups is 1. The van der Waals surface area contributed by atoms with Gasteiger partial charge in [-0.1, -0.05) is 47.6 Å². The summed E-state index contributed by atoms with van der Waals surface area (Å²) in [4.78, 5) is 26.0. The first-order valence-corrected chi connectivity index (χ1v) is 11.5. The van der Waals surface area contributed by atoms with Gasteiger partial charge in [0.15, 0.2) is 5.16 Å². The van der Waals surface area contributed by atoms with Crippen molar-refractivity contribution in [1.29, 1.82) is 0 Å². The summed E-state index contributed by atoms with van der Waals surface area (Å²) in [5.74, 6) is 1.02. The summed E-state index contributed by atoms with van der Waals surface area (Å²) in [6, 6.07) is 17.8. The third kappa shape index (κ3) is 5.68. The van der Waals surface area contributed by atoms with Gasteiger partial charge < -0.3 is 15.1 Å². The van der Waals surface area contributed by atoms with E-state index in [1.807, 2.05) is 25.1 Å². The summed E-state index contributed by atoms with van der Waals surface area (Å²) in [6.45, 7) is 5.61. The van der Waals surface area contributed by atoms with Crippen LogP contribution in [0, 0.1) is 6.92 Å². The van der Waals surface area contributed by atoms with Crippen LogP contribution in [-0.2, 0) is 4.79 Å². The number of piperazine rings is 1. The summed E-state index contributed by atoms with van der Waals surface area (Å²) >= 11 is 7.35. The highest BCUT2D eigenvalue weighted by Crippen LogP contribution is 2.23. The number of anilines is 3. The Balaban J connectivity index is 1.31. The first-order chi connectivity index (χ1) is 15.1. The third-order valence-corrected chi connectivity index (χ3v) is 6.25. The van der Waals surface area contributed by atoms with Crippen molar-refractivity contribution in [3.05, 3.63) is 71.4 Å². The van der Waals surface area contributed by atoms with Crippen molar-refractivity contribution in [3.8, 4) is 0 Å². The molecule has 1 N–H and O–H groups in total. The van der Waals surface area contributed by atoms with E-state index < -0.39 is 0 Å². The largest absolute Gasteiger partial charge is 0.368 e. The zero-order chi connectivity index (χ0) is 21.6. The van der Waals surface area contributed by atoms with Crippen molar-refractivity contribution in [2.45, 2.75) is 12.1 Å². The van der Waals surface area contributed by atoms with E-state index in [-0.39, 0.29) is 11.7 Å². The second kappa shape index (κ2) is 10.0. The molecule has 160 valence electrons. The van der Waals surface area contributed by atoms with E-state index in [0.717, 1.165) is 43.2 Å². The molecule has 3 aromatic rings. The molecule has 0 saturated carbocycles. The van der Waals surface area contributed by atoms with Crippen molar-refractivity contribution >= 4 is 46.5 Å². The average molecular weight is 454 g/mol. The van der Waals surface area contributed by atoms with E-state index in [1.54, 1.807) is 18.3 Å². The van der Waals surface area contributed by atoms with Crippen LogP contribution in [0.2, 0.25) is 5.02 Å². The highest BCUT2D eigenvalue weighted by atomic mass is 35.5. The molecule has 0 radical (unpaired) electrons. The molecule has 0 atom stereocenters. The Morgan fingerprint density at radius 3 is 2.58 bits per heavy atom. The minimum Gasteiger partial charge on any atom is -0.368 e. The van der Waals surface area contributed by atoms with Gasteiger partial charge in [-0.05, 0) is 42.8 Å². The fourth-order valence-corrected chi connectivity index (χ4v) is 4.25. The summed E-state index contributed by atoms with van der Waals surface area (Å²) in [7, 11) is 0. The van der Waals surface area contributed by atoms with Crippen LogP contribution in [-0.4, -0.2) is 47.8 Å². The fourth-order valence-electron chi connectivity index (χ4n) is 3.46. The van der Waals surface area contributed by atoms with E-state index in [0.29, 0.717) is 10.2 Å². The van der Waals surface area contributed by atoms with Gasteiger partial charge in [0.2, 0.25) is 5.91 Å². The quantitative estimate of drug-likeness (QED) is 0.438. The molecular weight excluding hydrogens is 430 g/mol. The number of para-hydroxylation sites is 1. The minimum atomic E-state index is -0.110. The number of nitrogens with one attached hydrogen (secondary N) is 1. The highest BCUT2D eigenvalue weighted by Gasteiger charge is 2.19. The Labute approximate surface area is 191 Å². The first-order valence-electron chi connectivity index (χ1n) is 10.2. The molecule has 1 aromatic heterocycles. The van der Waals surface area contributed by atoms with E-state index in [9.17, 15) is 4.79 Å². The molecule has 0 unspecified atom stereocenters. The van der Waals surface area contributed by atoms with Gasteiger partial charge in [0, 0.05) is 48.8 Å². The van der Waals surface area contributed by atoms with Crippen molar-refractivity contribution in [2.24, 2.45) is 0 Å². The number of nitrogens with zero attached hydrogens (tertiary/aromatic N) is 4. The van der Waals surface area contributed by atoms with Gasteiger partial charge >= 0.3 is 0 Å². The molecule has 6 nitrogen and oxygen atoms in total. The van der Waals surface area contributed by atoms with Crippen molar-refractivity contribution < 1.29 is 4.79 Å². The molecular formula is C23H24ClN5OS. The summed E-state index contributed by atoms with van der Waals surface area (Å²) < 4.78 is 0. The van der Waals surface area contributed by atoms with Crippen LogP contribution in [0.15, 0.2) is 66.0 Å². The van der Waals surface area contributed by atoms with E-state index in [2.05, 4.69) is 49.4 Å². The predicted octanol–water partition coefficient (Wildman–Crippen LogP) is 4.50. The molecule has 0 bridgehead atoms. The third-order valence-electron chi connectivity index (χ3n) is 5.15. The van der Waals surface area contributed by atoms with Crippen molar-refractivity contribution in [1.82, 2.24) is 9.97 Å². The number of amides is 1. The molecule has 1 aliphatic heterocycles. The Morgan fingerprint density at radius 1 is 1.06 bits per heavy atom. The van der Waals surface area contributed by atoms with Gasteiger partial charge in [0.05, 0.1) is 5.75 Å². The number of benzene rings is 2. The molecule has 31 heavy (non-hydrogen) atoms. The molecule has 1 amide bonds. The monoisotopic (exact) mass is 453 g/mol.